The van der Waals surface area contributed by atoms with Crippen LogP contribution in [0.2, 0.25) is 0 Å². The summed E-state index contributed by atoms with van der Waals surface area (Å²) in [7, 11) is 0. The molecular formula is C21H27N5O4. The number of ether oxygens (including phenoxy) is 3. The fourth-order valence-electron chi connectivity index (χ4n) is 3.35. The minimum Gasteiger partial charge on any atom is -0.494 e. The lowest BCUT2D eigenvalue weighted by atomic mass is 9.85. The molecule has 160 valence electrons. The predicted octanol–water partition coefficient (Wildman–Crippen LogP) is 3.35. The molecule has 1 fully saturated rings. The summed E-state index contributed by atoms with van der Waals surface area (Å²) in [5.74, 6) is 1.06. The molecule has 30 heavy (non-hydrogen) atoms. The van der Waals surface area contributed by atoms with Gasteiger partial charge in [0.1, 0.15) is 11.4 Å². The van der Waals surface area contributed by atoms with Gasteiger partial charge in [-0.15, -0.1) is 5.10 Å². The first kappa shape index (κ1) is 20.4. The quantitative estimate of drug-likeness (QED) is 0.627. The Kier molecular flexibility index (Phi) is 5.48. The second-order valence-corrected chi connectivity index (χ2v) is 8.11. The summed E-state index contributed by atoms with van der Waals surface area (Å²) in [6.07, 6.45) is -0.316. The monoisotopic (exact) mass is 413 g/mol. The Bertz CT molecular complexity index is 1040. The highest BCUT2D eigenvalue weighted by Gasteiger charge is 2.23. The summed E-state index contributed by atoms with van der Waals surface area (Å²) in [6, 6.07) is 5.95. The van der Waals surface area contributed by atoms with E-state index in [1.54, 1.807) is 6.07 Å². The van der Waals surface area contributed by atoms with E-state index in [1.165, 1.54) is 0 Å². The zero-order chi connectivity index (χ0) is 21.3. The first-order valence-corrected chi connectivity index (χ1v) is 10.0. The van der Waals surface area contributed by atoms with Crippen LogP contribution >= 0.6 is 0 Å². The Morgan fingerprint density at radius 1 is 1.17 bits per heavy atom. The van der Waals surface area contributed by atoms with Crippen LogP contribution in [0.3, 0.4) is 0 Å². The standard InChI is InChI=1S/C21H27N5O4/c1-5-27-12-8-13-15(22)10-16(24-18(13)14(9-12)21(2,3)4)19-25-26-20(30-19)23-11-17-28-6-7-29-17/h8-10,17H,5-7,11H2,1-4H3,(H2,22,24)(H,23,26). The van der Waals surface area contributed by atoms with Crippen LogP contribution in [0, 0.1) is 0 Å². The Hall–Kier alpha value is -2.91. The van der Waals surface area contributed by atoms with Crippen molar-refractivity contribution in [2.75, 3.05) is 37.4 Å². The van der Waals surface area contributed by atoms with E-state index in [1.807, 2.05) is 19.1 Å². The van der Waals surface area contributed by atoms with Crippen molar-refractivity contribution in [2.45, 2.75) is 39.4 Å². The summed E-state index contributed by atoms with van der Waals surface area (Å²) in [4.78, 5) is 4.82. The fraction of sp³-hybridized carbons (Fsp3) is 0.476. The highest BCUT2D eigenvalue weighted by atomic mass is 16.7. The van der Waals surface area contributed by atoms with Crippen LogP contribution in [-0.2, 0) is 14.9 Å². The molecule has 0 amide bonds. The second-order valence-electron chi connectivity index (χ2n) is 8.11. The molecule has 1 aliphatic rings. The van der Waals surface area contributed by atoms with Gasteiger partial charge in [-0.05, 0) is 36.1 Å². The van der Waals surface area contributed by atoms with Crippen LogP contribution in [-0.4, -0.2) is 47.8 Å². The van der Waals surface area contributed by atoms with E-state index in [-0.39, 0.29) is 23.6 Å². The van der Waals surface area contributed by atoms with E-state index in [9.17, 15) is 0 Å². The van der Waals surface area contributed by atoms with Crippen LogP contribution in [0.25, 0.3) is 22.5 Å². The number of nitrogen functional groups attached to an aromatic ring is 1. The second kappa shape index (κ2) is 8.08. The van der Waals surface area contributed by atoms with Crippen molar-refractivity contribution >= 4 is 22.6 Å². The smallest absolute Gasteiger partial charge is 0.315 e. The number of benzene rings is 1. The zero-order valence-electron chi connectivity index (χ0n) is 17.7. The van der Waals surface area contributed by atoms with Crippen LogP contribution in [0.4, 0.5) is 11.7 Å². The van der Waals surface area contributed by atoms with Crippen molar-refractivity contribution < 1.29 is 18.6 Å². The topological polar surface area (TPSA) is 118 Å². The SMILES string of the molecule is CCOc1cc(C(C)(C)C)c2nc(-c3nnc(NCC4OCCO4)o3)cc(N)c2c1. The average Bonchev–Trinajstić information content (AvgIpc) is 3.37. The van der Waals surface area contributed by atoms with E-state index < -0.39 is 0 Å². The van der Waals surface area contributed by atoms with Crippen LogP contribution < -0.4 is 15.8 Å². The van der Waals surface area contributed by atoms with E-state index >= 15 is 0 Å². The van der Waals surface area contributed by atoms with Gasteiger partial charge in [-0.3, -0.25) is 0 Å². The Morgan fingerprint density at radius 3 is 2.63 bits per heavy atom. The predicted molar refractivity (Wildman–Crippen MR) is 113 cm³/mol. The van der Waals surface area contributed by atoms with Crippen LogP contribution in [0.1, 0.15) is 33.3 Å². The number of hydrogen-bond donors (Lipinski definition) is 2. The van der Waals surface area contributed by atoms with Crippen molar-refractivity contribution in [1.82, 2.24) is 15.2 Å². The molecule has 0 saturated carbocycles. The lowest BCUT2D eigenvalue weighted by Gasteiger charge is -2.22. The van der Waals surface area contributed by atoms with Crippen LogP contribution in [0.15, 0.2) is 22.6 Å². The van der Waals surface area contributed by atoms with E-state index in [0.717, 1.165) is 22.2 Å². The molecule has 1 saturated heterocycles. The molecule has 0 bridgehead atoms. The molecule has 4 rings (SSSR count). The third kappa shape index (κ3) is 4.17. The van der Waals surface area contributed by atoms with E-state index in [0.29, 0.717) is 37.7 Å². The number of anilines is 2. The zero-order valence-corrected chi connectivity index (χ0v) is 17.7. The summed E-state index contributed by atoms with van der Waals surface area (Å²) in [5, 5.41) is 12.0. The molecule has 3 aromatic rings. The molecule has 9 nitrogen and oxygen atoms in total. The maximum atomic E-state index is 6.39. The minimum atomic E-state index is -0.316. The molecule has 3 N–H and O–H groups in total. The summed E-state index contributed by atoms with van der Waals surface area (Å²) in [5.41, 5.74) is 9.14. The molecule has 0 radical (unpaired) electrons. The molecular weight excluding hydrogens is 386 g/mol. The average molecular weight is 413 g/mol. The summed E-state index contributed by atoms with van der Waals surface area (Å²) in [6.45, 7) is 10.5. The lowest BCUT2D eigenvalue weighted by molar-refractivity contribution is -0.0302. The van der Waals surface area contributed by atoms with Gasteiger partial charge in [-0.25, -0.2) is 4.98 Å². The largest absolute Gasteiger partial charge is 0.494 e. The minimum absolute atomic E-state index is 0.160. The molecule has 0 unspecified atom stereocenters. The molecule has 0 aliphatic carbocycles. The maximum Gasteiger partial charge on any atom is 0.315 e. The number of nitrogens with zero attached hydrogens (tertiary/aromatic N) is 3. The number of rotatable bonds is 6. The van der Waals surface area contributed by atoms with E-state index in [2.05, 4.69) is 36.3 Å². The Labute approximate surface area is 174 Å². The van der Waals surface area contributed by atoms with Crippen molar-refractivity contribution in [1.29, 1.82) is 0 Å². The van der Waals surface area contributed by atoms with Gasteiger partial charge in [0.05, 0.1) is 31.9 Å². The lowest BCUT2D eigenvalue weighted by Crippen LogP contribution is -2.20. The van der Waals surface area contributed by atoms with Crippen molar-refractivity contribution in [3.63, 3.8) is 0 Å². The number of fused-ring (bicyclic) bond motifs is 1. The highest BCUT2D eigenvalue weighted by molar-refractivity contribution is 5.95. The number of nitrogens with two attached hydrogens (primary N) is 1. The van der Waals surface area contributed by atoms with Crippen molar-refractivity contribution in [3.05, 3.63) is 23.8 Å². The molecule has 1 aliphatic heterocycles. The van der Waals surface area contributed by atoms with Gasteiger partial charge in [0.15, 0.2) is 6.29 Å². The number of aromatic nitrogens is 3. The molecule has 1 aromatic carbocycles. The van der Waals surface area contributed by atoms with E-state index in [4.69, 9.17) is 29.3 Å². The van der Waals surface area contributed by atoms with Crippen LogP contribution in [0.5, 0.6) is 5.75 Å². The van der Waals surface area contributed by atoms with Gasteiger partial charge in [0, 0.05) is 11.1 Å². The van der Waals surface area contributed by atoms with Gasteiger partial charge in [0.25, 0.3) is 5.89 Å². The van der Waals surface area contributed by atoms with Crippen molar-refractivity contribution in [3.8, 4) is 17.3 Å². The number of pyridine rings is 1. The Balaban J connectivity index is 1.69. The first-order valence-electron chi connectivity index (χ1n) is 10.0. The molecule has 9 heteroatoms. The van der Waals surface area contributed by atoms with Gasteiger partial charge < -0.3 is 29.7 Å². The van der Waals surface area contributed by atoms with Gasteiger partial charge in [0.2, 0.25) is 0 Å². The van der Waals surface area contributed by atoms with Crippen molar-refractivity contribution in [2.24, 2.45) is 0 Å². The molecule has 2 aromatic heterocycles. The fourth-order valence-corrected chi connectivity index (χ4v) is 3.35. The van der Waals surface area contributed by atoms with Gasteiger partial charge >= 0.3 is 6.01 Å². The van der Waals surface area contributed by atoms with Gasteiger partial charge in [-0.2, -0.15) is 0 Å². The molecule has 3 heterocycles. The third-order valence-corrected chi connectivity index (χ3v) is 4.79. The highest BCUT2D eigenvalue weighted by Crippen LogP contribution is 2.37. The summed E-state index contributed by atoms with van der Waals surface area (Å²) < 4.78 is 22.2. The third-order valence-electron chi connectivity index (χ3n) is 4.79. The maximum absolute atomic E-state index is 6.39. The number of nitrogens with one attached hydrogen (secondary N) is 1. The first-order chi connectivity index (χ1) is 14.3. The Morgan fingerprint density at radius 2 is 1.93 bits per heavy atom. The van der Waals surface area contributed by atoms with Gasteiger partial charge in [-0.1, -0.05) is 25.9 Å². The number of hydrogen-bond acceptors (Lipinski definition) is 9. The molecule has 0 spiro atoms. The summed E-state index contributed by atoms with van der Waals surface area (Å²) >= 11 is 0. The normalized spacial score (nSPS) is 15.1. The molecule has 0 atom stereocenters.